The second-order valence-electron chi connectivity index (χ2n) is 9.98. The number of pyridine rings is 1. The van der Waals surface area contributed by atoms with Crippen LogP contribution >= 0.6 is 0 Å². The lowest BCUT2D eigenvalue weighted by Gasteiger charge is -2.32. The molecule has 1 atom stereocenters. The molecular formula is C29H35N7O3. The third-order valence-electron chi connectivity index (χ3n) is 7.53. The molecule has 10 heteroatoms. The van der Waals surface area contributed by atoms with Gasteiger partial charge in [0.1, 0.15) is 23.6 Å². The quantitative estimate of drug-likeness (QED) is 0.371. The Kier molecular flexibility index (Phi) is 9.00. The number of hydrogen-bond donors (Lipinski definition) is 3. The van der Waals surface area contributed by atoms with Crippen LogP contribution in [0.4, 0.5) is 5.82 Å². The number of carbonyl (C=O) groups excluding carboxylic acids is 2. The second kappa shape index (κ2) is 12.6. The van der Waals surface area contributed by atoms with Crippen molar-refractivity contribution in [2.45, 2.75) is 19.3 Å². The number of benzene rings is 1. The van der Waals surface area contributed by atoms with Gasteiger partial charge in [0.15, 0.2) is 0 Å². The first-order chi connectivity index (χ1) is 18.9. The van der Waals surface area contributed by atoms with Crippen LogP contribution in [-0.4, -0.2) is 77.9 Å². The highest BCUT2D eigenvalue weighted by atomic mass is 16.3. The normalized spacial score (nSPS) is 20.8. The summed E-state index contributed by atoms with van der Waals surface area (Å²) in [4.78, 5) is 38.9. The lowest BCUT2D eigenvalue weighted by Crippen LogP contribution is -2.35. The maximum atomic E-state index is 12.6. The summed E-state index contributed by atoms with van der Waals surface area (Å²) < 4.78 is 0. The van der Waals surface area contributed by atoms with Crippen molar-refractivity contribution >= 4 is 36.3 Å². The number of amides is 1. The number of aromatic nitrogens is 1. The van der Waals surface area contributed by atoms with Gasteiger partial charge < -0.3 is 30.8 Å². The number of carbonyl (C=O) groups is 2. The van der Waals surface area contributed by atoms with Crippen LogP contribution in [0.25, 0.3) is 5.70 Å². The minimum atomic E-state index is -0.361. The van der Waals surface area contributed by atoms with Gasteiger partial charge in [-0.25, -0.2) is 9.98 Å². The van der Waals surface area contributed by atoms with Crippen molar-refractivity contribution in [3.63, 3.8) is 0 Å². The van der Waals surface area contributed by atoms with Gasteiger partial charge in [0.25, 0.3) is 5.91 Å². The molecule has 1 spiro atoms. The molecule has 1 unspecified atom stereocenters. The van der Waals surface area contributed by atoms with Crippen LogP contribution in [-0.2, 0) is 4.79 Å². The van der Waals surface area contributed by atoms with E-state index in [0.717, 1.165) is 17.8 Å². The van der Waals surface area contributed by atoms with E-state index in [1.165, 1.54) is 32.4 Å². The Hall–Kier alpha value is -4.15. The van der Waals surface area contributed by atoms with Gasteiger partial charge in [-0.3, -0.25) is 9.79 Å². The molecule has 3 heterocycles. The minimum absolute atomic E-state index is 0.225. The number of aliphatic hydroxyl groups excluding tert-OH is 1. The van der Waals surface area contributed by atoms with Crippen LogP contribution in [0.3, 0.4) is 0 Å². The zero-order valence-corrected chi connectivity index (χ0v) is 22.2. The van der Waals surface area contributed by atoms with Gasteiger partial charge in [0, 0.05) is 36.3 Å². The third kappa shape index (κ3) is 6.65. The van der Waals surface area contributed by atoms with Crippen LogP contribution in [0.15, 0.2) is 76.7 Å². The first kappa shape index (κ1) is 27.9. The number of nitrogens with zero attached hydrogens (tertiary/aromatic N) is 5. The van der Waals surface area contributed by atoms with Crippen LogP contribution in [0.2, 0.25) is 0 Å². The summed E-state index contributed by atoms with van der Waals surface area (Å²) >= 11 is 0. The molecule has 4 N–H and O–H groups in total. The van der Waals surface area contributed by atoms with E-state index in [2.05, 4.69) is 43.9 Å². The van der Waals surface area contributed by atoms with Crippen molar-refractivity contribution in [3.8, 4) is 0 Å². The van der Waals surface area contributed by atoms with Gasteiger partial charge in [-0.1, -0.05) is 18.2 Å². The number of nitrogens with one attached hydrogen (secondary N) is 1. The summed E-state index contributed by atoms with van der Waals surface area (Å²) in [5.41, 5.74) is 9.60. The largest absolute Gasteiger partial charge is 0.389 e. The fourth-order valence-electron chi connectivity index (χ4n) is 5.20. The Morgan fingerprint density at radius 2 is 1.92 bits per heavy atom. The van der Waals surface area contributed by atoms with Gasteiger partial charge in [0.2, 0.25) is 0 Å². The van der Waals surface area contributed by atoms with E-state index in [0.29, 0.717) is 40.5 Å². The number of hydrogen-bond acceptors (Lipinski definition) is 9. The van der Waals surface area contributed by atoms with E-state index < -0.39 is 0 Å². The Balaban J connectivity index is 0.000000826. The van der Waals surface area contributed by atoms with Crippen molar-refractivity contribution in [1.82, 2.24) is 14.8 Å². The monoisotopic (exact) mass is 529 g/mol. The van der Waals surface area contributed by atoms with Gasteiger partial charge in [-0.05, 0) is 81.7 Å². The number of likely N-dealkylation sites (tertiary alicyclic amines) is 1. The van der Waals surface area contributed by atoms with Crippen molar-refractivity contribution in [1.29, 1.82) is 0 Å². The van der Waals surface area contributed by atoms with E-state index in [4.69, 9.17) is 15.6 Å². The van der Waals surface area contributed by atoms with Crippen molar-refractivity contribution in [2.75, 3.05) is 38.6 Å². The number of aliphatic imine (C=N–C) groups is 2. The Bertz CT molecular complexity index is 1260. The molecule has 0 bridgehead atoms. The van der Waals surface area contributed by atoms with E-state index in [-0.39, 0.29) is 12.5 Å². The predicted molar refractivity (Wildman–Crippen MR) is 153 cm³/mol. The second-order valence-corrected chi connectivity index (χ2v) is 9.98. The number of aliphatic hydroxyl groups is 1. The number of nitrogens with two attached hydrogens (primary N) is 1. The minimum Gasteiger partial charge on any atom is -0.389 e. The van der Waals surface area contributed by atoms with Crippen molar-refractivity contribution < 1.29 is 14.7 Å². The highest BCUT2D eigenvalue weighted by molar-refractivity contribution is 6.06. The van der Waals surface area contributed by atoms with Gasteiger partial charge in [-0.15, -0.1) is 0 Å². The molecule has 2 aromatic rings. The maximum Gasteiger partial charge on any atom is 0.256 e. The topological polar surface area (TPSA) is 137 Å². The molecule has 2 fully saturated rings. The SMILES string of the molecule is C=N/C(=C1/C(N)=NC=CN1CC1CC12CCN(C)CC2)c1ccc(C(=O)Nc2ccccn2)cc1.O=CCO. The number of anilines is 1. The molecule has 1 aliphatic carbocycles. The van der Waals surface area contributed by atoms with Crippen LogP contribution in [0.1, 0.15) is 35.2 Å². The molecule has 1 saturated heterocycles. The van der Waals surface area contributed by atoms with Gasteiger partial charge in [0.05, 0.1) is 12.3 Å². The molecule has 39 heavy (non-hydrogen) atoms. The maximum absolute atomic E-state index is 12.6. The molecule has 1 amide bonds. The van der Waals surface area contributed by atoms with E-state index in [1.54, 1.807) is 36.7 Å². The molecule has 1 aromatic carbocycles. The van der Waals surface area contributed by atoms with Crippen molar-refractivity contribution in [3.05, 3.63) is 77.9 Å². The summed E-state index contributed by atoms with van der Waals surface area (Å²) in [6.07, 6.45) is 9.55. The molecule has 10 nitrogen and oxygen atoms in total. The predicted octanol–water partition coefficient (Wildman–Crippen LogP) is 2.76. The highest BCUT2D eigenvalue weighted by Crippen LogP contribution is 2.59. The van der Waals surface area contributed by atoms with Crippen LogP contribution in [0, 0.1) is 11.3 Å². The molecular weight excluding hydrogens is 494 g/mol. The number of amidine groups is 1. The summed E-state index contributed by atoms with van der Waals surface area (Å²) in [5, 5.41) is 10.3. The molecule has 2 aliphatic heterocycles. The molecule has 204 valence electrons. The van der Waals surface area contributed by atoms with E-state index in [9.17, 15) is 4.79 Å². The zero-order valence-electron chi connectivity index (χ0n) is 22.2. The average molecular weight is 530 g/mol. The zero-order chi connectivity index (χ0) is 27.8. The Morgan fingerprint density at radius 3 is 2.54 bits per heavy atom. The van der Waals surface area contributed by atoms with Gasteiger partial charge in [-0.2, -0.15) is 0 Å². The molecule has 1 aromatic heterocycles. The molecule has 5 rings (SSSR count). The third-order valence-corrected chi connectivity index (χ3v) is 7.53. The fraction of sp³-hybridized carbons (Fsp3) is 0.345. The van der Waals surface area contributed by atoms with E-state index >= 15 is 0 Å². The average Bonchev–Trinajstić information content (AvgIpc) is 3.64. The lowest BCUT2D eigenvalue weighted by molar-refractivity contribution is -0.110. The smallest absolute Gasteiger partial charge is 0.256 e. The summed E-state index contributed by atoms with van der Waals surface area (Å²) in [6, 6.07) is 12.6. The number of rotatable bonds is 7. The lowest BCUT2D eigenvalue weighted by atomic mass is 9.91. The Labute approximate surface area is 228 Å². The number of aldehydes is 1. The van der Waals surface area contributed by atoms with Crippen molar-refractivity contribution in [2.24, 2.45) is 27.1 Å². The first-order valence-electron chi connectivity index (χ1n) is 12.9. The molecule has 3 aliphatic rings. The van der Waals surface area contributed by atoms with E-state index in [1.807, 2.05) is 24.4 Å². The fourth-order valence-corrected chi connectivity index (χ4v) is 5.20. The molecule has 1 saturated carbocycles. The number of piperidine rings is 1. The summed E-state index contributed by atoms with van der Waals surface area (Å²) in [5.74, 6) is 1.33. The molecule has 0 radical (unpaired) electrons. The standard InChI is InChI=1S/C27H31N7O.C2H4O2/c1-29-23(19-6-8-20(9-7-19)26(35)32-22-5-3-4-12-30-22)24-25(28)31-13-16-34(24)18-21-17-27(21)10-14-33(2)15-11-27;3-1-2-4/h3-9,12-13,16,21H,1,10-11,14-15,17-18H2,2H3,(H2,28,31)(H,30,32,35);1,4H,2H2/b24-23-;. The summed E-state index contributed by atoms with van der Waals surface area (Å²) in [7, 11) is 2.20. The van der Waals surface area contributed by atoms with Gasteiger partial charge >= 0.3 is 0 Å². The highest BCUT2D eigenvalue weighted by Gasteiger charge is 2.54. The summed E-state index contributed by atoms with van der Waals surface area (Å²) in [6.45, 7) is 6.67. The first-order valence-corrected chi connectivity index (χ1v) is 12.9. The van der Waals surface area contributed by atoms with Crippen LogP contribution in [0.5, 0.6) is 0 Å². The van der Waals surface area contributed by atoms with Crippen LogP contribution < -0.4 is 11.1 Å². The Morgan fingerprint density at radius 1 is 1.23 bits per heavy atom.